The van der Waals surface area contributed by atoms with Crippen molar-refractivity contribution in [3.63, 3.8) is 0 Å². The van der Waals surface area contributed by atoms with Gasteiger partial charge in [0.1, 0.15) is 23.5 Å². The smallest absolute Gasteiger partial charge is 0.313 e. The van der Waals surface area contributed by atoms with Crippen LogP contribution in [0.5, 0.6) is 5.75 Å². The van der Waals surface area contributed by atoms with E-state index < -0.39 is 72.2 Å². The molecule has 11 nitrogen and oxygen atoms in total. The van der Waals surface area contributed by atoms with Crippen LogP contribution in [0.25, 0.3) is 0 Å². The molecule has 3 saturated heterocycles. The molecule has 3 heterocycles. The van der Waals surface area contributed by atoms with Gasteiger partial charge in [-0.05, 0) is 56.5 Å². The molecule has 3 fully saturated rings. The third-order valence-corrected chi connectivity index (χ3v) is 11.2. The Morgan fingerprint density at radius 3 is 2.40 bits per heavy atom. The van der Waals surface area contributed by atoms with Crippen molar-refractivity contribution in [2.45, 2.75) is 73.9 Å². The molecule has 12 heteroatoms. The number of hydrogen-bond acceptors (Lipinski definition) is 8. The molecular formula is C38H46BrN3O8. The molecule has 2 aromatic rings. The molecule has 2 bridgehead atoms. The molecule has 50 heavy (non-hydrogen) atoms. The van der Waals surface area contributed by atoms with Crippen molar-refractivity contribution in [2.75, 3.05) is 32.2 Å². The number of esters is 1. The fraction of sp³-hybridized carbons (Fsp3) is 0.474. The van der Waals surface area contributed by atoms with Crippen molar-refractivity contribution in [2.24, 2.45) is 11.8 Å². The second-order valence-electron chi connectivity index (χ2n) is 13.2. The lowest BCUT2D eigenvalue weighted by molar-refractivity contribution is -0.165. The molecule has 1 N–H and O–H groups in total. The van der Waals surface area contributed by atoms with Gasteiger partial charge in [-0.25, -0.2) is 0 Å². The van der Waals surface area contributed by atoms with E-state index in [9.17, 15) is 24.3 Å². The summed E-state index contributed by atoms with van der Waals surface area (Å²) < 4.78 is 18.3. The SMILES string of the molecule is C=CCCC(=O)N(C)[C@@H](C)[C@@H](OC(=O)[C@@H]1[C@H]2O[C@@]3(CC2Br)[C@H](C(=O)N(CC=C)c2ccc(OC)cc2)N([C@H](C)CO)C(=O)[C@@H]13)c1ccccc1. The highest BCUT2D eigenvalue weighted by Crippen LogP contribution is 2.61. The third kappa shape index (κ3) is 6.60. The van der Waals surface area contributed by atoms with Crippen LogP contribution in [-0.2, 0) is 28.7 Å². The van der Waals surface area contributed by atoms with Crippen molar-refractivity contribution in [3.8, 4) is 5.75 Å². The van der Waals surface area contributed by atoms with Crippen LogP contribution in [0.3, 0.4) is 0 Å². The Balaban J connectivity index is 1.52. The number of aliphatic hydroxyl groups is 1. The van der Waals surface area contributed by atoms with E-state index in [4.69, 9.17) is 14.2 Å². The molecule has 0 aromatic heterocycles. The molecule has 1 spiro atoms. The van der Waals surface area contributed by atoms with Gasteiger partial charge in [0.05, 0.1) is 43.7 Å². The highest BCUT2D eigenvalue weighted by atomic mass is 79.9. The molecule has 5 rings (SSSR count). The predicted molar refractivity (Wildman–Crippen MR) is 192 cm³/mol. The number of allylic oxidation sites excluding steroid dienone is 1. The number of amides is 3. The van der Waals surface area contributed by atoms with Crippen molar-refractivity contribution >= 4 is 45.3 Å². The number of hydrogen-bond donors (Lipinski definition) is 1. The van der Waals surface area contributed by atoms with Gasteiger partial charge < -0.3 is 34.0 Å². The molecular weight excluding hydrogens is 706 g/mol. The van der Waals surface area contributed by atoms with Gasteiger partial charge in [0.15, 0.2) is 0 Å². The van der Waals surface area contributed by atoms with Crippen LogP contribution in [0.2, 0.25) is 0 Å². The standard InChI is InChI=1S/C38H46BrN3O8/c1-7-9-15-29(44)40(5)24(4)32(25-13-11-10-12-14-25)49-37(47)30-31-35(45)42(23(3)22-43)34(38(31)21-28(39)33(30)50-38)36(46)41(20-8-2)26-16-18-27(48-6)19-17-26/h7-8,10-14,16-19,23-24,28,30-34,43H,1-2,9,15,20-22H2,3-6H3/t23-,24+,28?,30+,31-,32-,33+,34+,38-/m1/s1. The van der Waals surface area contributed by atoms with Gasteiger partial charge in [-0.1, -0.05) is 58.4 Å². The topological polar surface area (TPSA) is 126 Å². The van der Waals surface area contributed by atoms with Crippen LogP contribution in [0, 0.1) is 11.8 Å². The Morgan fingerprint density at radius 2 is 1.80 bits per heavy atom. The van der Waals surface area contributed by atoms with Crippen molar-refractivity contribution in [1.29, 1.82) is 0 Å². The van der Waals surface area contributed by atoms with Gasteiger partial charge in [0.2, 0.25) is 11.8 Å². The number of carbonyl (C=O) groups excluding carboxylic acids is 4. The summed E-state index contributed by atoms with van der Waals surface area (Å²) in [6.07, 6.45) is 2.71. The normalized spacial score (nSPS) is 26.8. The highest BCUT2D eigenvalue weighted by Gasteiger charge is 2.77. The summed E-state index contributed by atoms with van der Waals surface area (Å²) in [5, 5.41) is 10.3. The average Bonchev–Trinajstić information content (AvgIpc) is 3.73. The van der Waals surface area contributed by atoms with Gasteiger partial charge in [0.25, 0.3) is 5.91 Å². The molecule has 1 unspecified atom stereocenters. The zero-order valence-corrected chi connectivity index (χ0v) is 30.5. The van der Waals surface area contributed by atoms with E-state index in [2.05, 4.69) is 29.1 Å². The van der Waals surface area contributed by atoms with E-state index in [1.165, 1.54) is 9.80 Å². The van der Waals surface area contributed by atoms with E-state index in [0.29, 0.717) is 23.4 Å². The quantitative estimate of drug-likeness (QED) is 0.161. The average molecular weight is 753 g/mol. The van der Waals surface area contributed by atoms with Gasteiger partial charge in [0, 0.05) is 30.5 Å². The number of fused-ring (bicyclic) bond motifs is 1. The number of likely N-dealkylation sites (N-methyl/N-ethyl adjacent to an activating group) is 1. The van der Waals surface area contributed by atoms with E-state index in [1.807, 2.05) is 37.3 Å². The second-order valence-corrected chi connectivity index (χ2v) is 14.4. The van der Waals surface area contributed by atoms with Crippen molar-refractivity contribution < 1.29 is 38.5 Å². The summed E-state index contributed by atoms with van der Waals surface area (Å²) in [6.45, 7) is 10.8. The molecule has 9 atom stereocenters. The summed E-state index contributed by atoms with van der Waals surface area (Å²) in [4.78, 5) is 60.9. The van der Waals surface area contributed by atoms with E-state index in [0.717, 1.165) is 0 Å². The summed E-state index contributed by atoms with van der Waals surface area (Å²) in [5.41, 5.74) is -0.131. The van der Waals surface area contributed by atoms with Gasteiger partial charge in [-0.3, -0.25) is 19.2 Å². The number of anilines is 1. The second kappa shape index (κ2) is 15.5. The van der Waals surface area contributed by atoms with Crippen LogP contribution >= 0.6 is 15.9 Å². The lowest BCUT2D eigenvalue weighted by atomic mass is 9.70. The van der Waals surface area contributed by atoms with Crippen LogP contribution in [-0.4, -0.2) is 101 Å². The lowest BCUT2D eigenvalue weighted by Crippen LogP contribution is -2.58. The maximum Gasteiger partial charge on any atom is 0.313 e. The zero-order valence-electron chi connectivity index (χ0n) is 28.9. The first-order chi connectivity index (χ1) is 23.9. The number of methoxy groups -OCH3 is 1. The predicted octanol–water partition coefficient (Wildman–Crippen LogP) is 4.44. The first-order valence-corrected chi connectivity index (χ1v) is 17.8. The number of likely N-dealkylation sites (tertiary alicyclic amines) is 1. The van der Waals surface area contributed by atoms with E-state index in [-0.39, 0.29) is 30.1 Å². The fourth-order valence-corrected chi connectivity index (χ4v) is 8.61. The summed E-state index contributed by atoms with van der Waals surface area (Å²) in [7, 11) is 3.23. The number of nitrogens with zero attached hydrogens (tertiary/aromatic N) is 3. The van der Waals surface area contributed by atoms with Crippen LogP contribution in [0.4, 0.5) is 5.69 Å². The molecule has 268 valence electrons. The molecule has 0 saturated carbocycles. The maximum absolute atomic E-state index is 14.8. The monoisotopic (exact) mass is 751 g/mol. The number of halogens is 1. The Labute approximate surface area is 302 Å². The zero-order chi connectivity index (χ0) is 36.3. The van der Waals surface area contributed by atoms with E-state index in [1.54, 1.807) is 62.4 Å². The number of ether oxygens (including phenoxy) is 3. The minimum absolute atomic E-state index is 0.126. The number of alkyl halides is 1. The van der Waals surface area contributed by atoms with Gasteiger partial charge in [-0.2, -0.15) is 0 Å². The Hall–Kier alpha value is -4.00. The Morgan fingerprint density at radius 1 is 1.12 bits per heavy atom. The summed E-state index contributed by atoms with van der Waals surface area (Å²) in [6, 6.07) is 13.7. The molecule has 0 aliphatic carbocycles. The number of benzene rings is 2. The van der Waals surface area contributed by atoms with Crippen molar-refractivity contribution in [1.82, 2.24) is 9.80 Å². The number of aliphatic hydroxyl groups excluding tert-OH is 1. The minimum Gasteiger partial charge on any atom is -0.497 e. The molecule has 3 aliphatic rings. The summed E-state index contributed by atoms with van der Waals surface area (Å²) >= 11 is 3.71. The van der Waals surface area contributed by atoms with Crippen molar-refractivity contribution in [3.05, 3.63) is 85.5 Å². The van der Waals surface area contributed by atoms with Gasteiger partial charge in [-0.15, -0.1) is 13.2 Å². The Kier molecular flexibility index (Phi) is 11.5. The van der Waals surface area contributed by atoms with Crippen LogP contribution < -0.4 is 9.64 Å². The lowest BCUT2D eigenvalue weighted by Gasteiger charge is -2.38. The number of carbonyl (C=O) groups is 4. The molecule has 3 aliphatic heterocycles. The third-order valence-electron chi connectivity index (χ3n) is 10.3. The summed E-state index contributed by atoms with van der Waals surface area (Å²) in [5.74, 6) is -3.15. The largest absolute Gasteiger partial charge is 0.497 e. The molecule has 2 aromatic carbocycles. The fourth-order valence-electron chi connectivity index (χ4n) is 7.66. The van der Waals surface area contributed by atoms with E-state index >= 15 is 0 Å². The Bertz CT molecular complexity index is 1590. The van der Waals surface area contributed by atoms with Crippen LogP contribution in [0.1, 0.15) is 44.8 Å². The maximum atomic E-state index is 14.8. The molecule has 0 radical (unpaired) electrons. The minimum atomic E-state index is -1.38. The number of rotatable bonds is 15. The molecule has 3 amide bonds. The first kappa shape index (κ1) is 37.3. The van der Waals surface area contributed by atoms with Crippen LogP contribution in [0.15, 0.2) is 79.9 Å². The highest BCUT2D eigenvalue weighted by molar-refractivity contribution is 9.09. The van der Waals surface area contributed by atoms with Gasteiger partial charge >= 0.3 is 5.97 Å². The first-order valence-electron chi connectivity index (χ1n) is 16.9.